The van der Waals surface area contributed by atoms with Crippen LogP contribution in [-0.2, 0) is 14.8 Å². The normalized spacial score (nSPS) is 19.8. The minimum absolute atomic E-state index is 0.0170. The SMILES string of the molecule is Cc1cc2[nH]c(=O)[nH]c2cc1S(=O)(=O)N1CCC[C@H]1C(=O)O. The number of aliphatic carboxylic acids is 1. The van der Waals surface area contributed by atoms with Crippen LogP contribution in [0.25, 0.3) is 11.0 Å². The maximum atomic E-state index is 12.8. The standard InChI is InChI=1S/C13H15N3O5S/c1-7-5-8-9(15-13(19)14-8)6-11(7)22(20,21)16-4-2-3-10(16)12(17)18/h5-6,10H,2-4H2,1H3,(H,17,18)(H2,14,15,19)/t10-/m0/s1. The Hall–Kier alpha value is -2.13. The quantitative estimate of drug-likeness (QED) is 0.754. The number of aromatic nitrogens is 2. The smallest absolute Gasteiger partial charge is 0.323 e. The number of hydrogen-bond donors (Lipinski definition) is 3. The molecule has 1 fully saturated rings. The second kappa shape index (κ2) is 4.96. The van der Waals surface area contributed by atoms with Crippen molar-refractivity contribution in [3.8, 4) is 0 Å². The monoisotopic (exact) mass is 325 g/mol. The molecule has 3 N–H and O–H groups in total. The van der Waals surface area contributed by atoms with Crippen LogP contribution in [0.2, 0.25) is 0 Å². The number of fused-ring (bicyclic) bond motifs is 1. The molecular formula is C13H15N3O5S. The topological polar surface area (TPSA) is 123 Å². The molecule has 0 unspecified atom stereocenters. The Balaban J connectivity index is 2.14. The van der Waals surface area contributed by atoms with Gasteiger partial charge in [-0.15, -0.1) is 0 Å². The van der Waals surface area contributed by atoms with Gasteiger partial charge in [0, 0.05) is 6.54 Å². The molecule has 1 aliphatic heterocycles. The number of H-pyrrole nitrogens is 2. The molecule has 0 aliphatic carbocycles. The minimum atomic E-state index is -3.93. The highest BCUT2D eigenvalue weighted by Crippen LogP contribution is 2.29. The van der Waals surface area contributed by atoms with Crippen LogP contribution >= 0.6 is 0 Å². The molecule has 3 rings (SSSR count). The van der Waals surface area contributed by atoms with Gasteiger partial charge in [-0.05, 0) is 37.5 Å². The van der Waals surface area contributed by atoms with Gasteiger partial charge in [-0.3, -0.25) is 4.79 Å². The van der Waals surface area contributed by atoms with E-state index in [1.165, 1.54) is 6.07 Å². The Kier molecular flexibility index (Phi) is 3.33. The molecular weight excluding hydrogens is 310 g/mol. The molecule has 22 heavy (non-hydrogen) atoms. The van der Waals surface area contributed by atoms with Gasteiger partial charge in [-0.2, -0.15) is 4.31 Å². The van der Waals surface area contributed by atoms with Gasteiger partial charge in [0.15, 0.2) is 0 Å². The number of hydrogen-bond acceptors (Lipinski definition) is 4. The van der Waals surface area contributed by atoms with E-state index in [-0.39, 0.29) is 11.4 Å². The lowest BCUT2D eigenvalue weighted by atomic mass is 10.2. The first-order valence-corrected chi connectivity index (χ1v) is 8.22. The Morgan fingerprint density at radius 1 is 1.32 bits per heavy atom. The minimum Gasteiger partial charge on any atom is -0.480 e. The van der Waals surface area contributed by atoms with Gasteiger partial charge in [0.25, 0.3) is 0 Å². The number of carboxylic acids is 1. The first-order chi connectivity index (χ1) is 10.3. The number of sulfonamides is 1. The number of carboxylic acid groups (broad SMARTS) is 1. The maximum Gasteiger partial charge on any atom is 0.323 e. The van der Waals surface area contributed by atoms with Crippen molar-refractivity contribution in [1.29, 1.82) is 0 Å². The molecule has 0 amide bonds. The summed E-state index contributed by atoms with van der Waals surface area (Å²) in [5, 5.41) is 9.18. The summed E-state index contributed by atoms with van der Waals surface area (Å²) in [6.45, 7) is 1.80. The lowest BCUT2D eigenvalue weighted by Gasteiger charge is -2.22. The number of aryl methyl sites for hydroxylation is 1. The lowest BCUT2D eigenvalue weighted by molar-refractivity contribution is -0.140. The largest absolute Gasteiger partial charge is 0.480 e. The number of rotatable bonds is 3. The van der Waals surface area contributed by atoms with Crippen LogP contribution in [0.15, 0.2) is 21.8 Å². The Morgan fingerprint density at radius 2 is 1.95 bits per heavy atom. The van der Waals surface area contributed by atoms with Crippen LogP contribution in [0.5, 0.6) is 0 Å². The van der Waals surface area contributed by atoms with Crippen molar-refractivity contribution in [1.82, 2.24) is 14.3 Å². The highest BCUT2D eigenvalue weighted by molar-refractivity contribution is 7.89. The first kappa shape index (κ1) is 14.8. The van der Waals surface area contributed by atoms with E-state index in [0.29, 0.717) is 29.4 Å². The Morgan fingerprint density at radius 3 is 2.59 bits per heavy atom. The molecule has 2 heterocycles. The average molecular weight is 325 g/mol. The highest BCUT2D eigenvalue weighted by atomic mass is 32.2. The van der Waals surface area contributed by atoms with Crippen LogP contribution in [0, 0.1) is 6.92 Å². The molecule has 0 radical (unpaired) electrons. The van der Waals surface area contributed by atoms with Gasteiger partial charge >= 0.3 is 11.7 Å². The molecule has 2 aromatic rings. The van der Waals surface area contributed by atoms with Crippen molar-refractivity contribution in [2.24, 2.45) is 0 Å². The highest BCUT2D eigenvalue weighted by Gasteiger charge is 2.40. The number of nitrogens with zero attached hydrogens (tertiary/aromatic N) is 1. The summed E-state index contributed by atoms with van der Waals surface area (Å²) in [5.74, 6) is -1.14. The summed E-state index contributed by atoms with van der Waals surface area (Å²) in [5.41, 5.74) is 0.922. The molecule has 8 nitrogen and oxygen atoms in total. The van der Waals surface area contributed by atoms with Crippen molar-refractivity contribution in [3.05, 3.63) is 28.2 Å². The lowest BCUT2D eigenvalue weighted by Crippen LogP contribution is -2.40. The van der Waals surface area contributed by atoms with Gasteiger partial charge in [0.05, 0.1) is 15.9 Å². The average Bonchev–Trinajstić information content (AvgIpc) is 3.02. The van der Waals surface area contributed by atoms with E-state index in [0.717, 1.165) is 4.31 Å². The van der Waals surface area contributed by atoms with Gasteiger partial charge in [0.1, 0.15) is 6.04 Å². The predicted molar refractivity (Wildman–Crippen MR) is 78.2 cm³/mol. The second-order valence-corrected chi connectivity index (χ2v) is 7.21. The van der Waals surface area contributed by atoms with Crippen LogP contribution in [0.4, 0.5) is 0 Å². The van der Waals surface area contributed by atoms with Crippen LogP contribution in [0.3, 0.4) is 0 Å². The van der Waals surface area contributed by atoms with Gasteiger partial charge in [-0.25, -0.2) is 13.2 Å². The van der Waals surface area contributed by atoms with Crippen molar-refractivity contribution in [2.75, 3.05) is 6.54 Å². The first-order valence-electron chi connectivity index (χ1n) is 6.78. The zero-order valence-electron chi connectivity index (χ0n) is 11.8. The van der Waals surface area contributed by atoms with Crippen LogP contribution in [-0.4, -0.2) is 46.4 Å². The number of aromatic amines is 2. The molecule has 0 bridgehead atoms. The van der Waals surface area contributed by atoms with Gasteiger partial charge in [0.2, 0.25) is 10.0 Å². The zero-order chi connectivity index (χ0) is 16.1. The van der Waals surface area contributed by atoms with Crippen molar-refractivity contribution < 1.29 is 18.3 Å². The van der Waals surface area contributed by atoms with E-state index in [4.69, 9.17) is 0 Å². The zero-order valence-corrected chi connectivity index (χ0v) is 12.6. The van der Waals surface area contributed by atoms with E-state index < -0.39 is 27.7 Å². The number of nitrogens with one attached hydrogen (secondary N) is 2. The van der Waals surface area contributed by atoms with E-state index in [9.17, 15) is 23.1 Å². The van der Waals surface area contributed by atoms with E-state index in [1.54, 1.807) is 13.0 Å². The molecule has 1 saturated heterocycles. The maximum absolute atomic E-state index is 12.8. The summed E-state index contributed by atoms with van der Waals surface area (Å²) < 4.78 is 26.6. The number of benzene rings is 1. The Bertz CT molecular complexity index is 911. The third kappa shape index (κ3) is 2.22. The third-order valence-corrected chi connectivity index (χ3v) is 5.94. The predicted octanol–water partition coefficient (Wildman–Crippen LogP) is 0.402. The molecule has 9 heteroatoms. The summed E-state index contributed by atoms with van der Waals surface area (Å²) in [4.78, 5) is 27.6. The fourth-order valence-corrected chi connectivity index (χ4v) is 4.73. The molecule has 1 aliphatic rings. The second-order valence-electron chi connectivity index (χ2n) is 5.35. The molecule has 0 spiro atoms. The van der Waals surface area contributed by atoms with E-state index >= 15 is 0 Å². The molecule has 118 valence electrons. The molecule has 1 aromatic carbocycles. The summed E-state index contributed by atoms with van der Waals surface area (Å²) >= 11 is 0. The van der Waals surface area contributed by atoms with E-state index in [2.05, 4.69) is 9.97 Å². The van der Waals surface area contributed by atoms with Crippen molar-refractivity contribution in [3.63, 3.8) is 0 Å². The van der Waals surface area contributed by atoms with Crippen molar-refractivity contribution in [2.45, 2.75) is 30.7 Å². The fourth-order valence-electron chi connectivity index (χ4n) is 2.85. The third-order valence-electron chi connectivity index (χ3n) is 3.89. The van der Waals surface area contributed by atoms with Gasteiger partial charge in [-0.1, -0.05) is 0 Å². The van der Waals surface area contributed by atoms with Crippen LogP contribution < -0.4 is 5.69 Å². The summed E-state index contributed by atoms with van der Waals surface area (Å²) in [7, 11) is -3.93. The molecule has 0 saturated carbocycles. The Labute approximate surface area is 125 Å². The van der Waals surface area contributed by atoms with Gasteiger partial charge < -0.3 is 15.1 Å². The number of imidazole rings is 1. The molecule has 1 atom stereocenters. The van der Waals surface area contributed by atoms with Crippen LogP contribution in [0.1, 0.15) is 18.4 Å². The summed E-state index contributed by atoms with van der Waals surface area (Å²) in [6, 6.07) is 1.89. The molecule has 1 aromatic heterocycles. The fraction of sp³-hybridized carbons (Fsp3) is 0.385. The summed E-state index contributed by atoms with van der Waals surface area (Å²) in [6.07, 6.45) is 0.815. The number of carbonyl (C=O) groups is 1. The van der Waals surface area contributed by atoms with E-state index in [1.807, 2.05) is 0 Å². The van der Waals surface area contributed by atoms with Crippen molar-refractivity contribution >= 4 is 27.0 Å².